The predicted octanol–water partition coefficient (Wildman–Crippen LogP) is 2.92. The number of pyridine rings is 1. The van der Waals surface area contributed by atoms with Gasteiger partial charge in [-0.3, -0.25) is 41.7 Å². The number of hydrogen-bond acceptors (Lipinski definition) is 10. The van der Waals surface area contributed by atoms with Crippen LogP contribution in [0.5, 0.6) is 0 Å². The van der Waals surface area contributed by atoms with Gasteiger partial charge in [0.25, 0.3) is 5.91 Å². The molecule has 1 saturated heterocycles. The highest BCUT2D eigenvalue weighted by molar-refractivity contribution is 14.1. The fraction of sp³-hybridized carbons (Fsp3) is 0.636. The minimum absolute atomic E-state index is 0.0194. The smallest absolute Gasteiger partial charge is 0.326 e. The number of aldehydes is 1. The van der Waals surface area contributed by atoms with E-state index in [0.29, 0.717) is 24.7 Å². The molecule has 18 nitrogen and oxygen atoms in total. The molecule has 2 heterocycles. The predicted molar refractivity (Wildman–Crippen MR) is 242 cm³/mol. The second-order valence-corrected chi connectivity index (χ2v) is 18.4. The van der Waals surface area contributed by atoms with Crippen LogP contribution in [0, 0.1) is 17.8 Å². The molecule has 63 heavy (non-hydrogen) atoms. The van der Waals surface area contributed by atoms with E-state index in [1.54, 1.807) is 47.4 Å². The van der Waals surface area contributed by atoms with Gasteiger partial charge in [0.1, 0.15) is 42.5 Å². The number of aliphatic carboxylic acids is 1. The van der Waals surface area contributed by atoms with Gasteiger partial charge in [-0.05, 0) is 74.0 Å². The highest BCUT2D eigenvalue weighted by Gasteiger charge is 2.44. The molecule has 348 valence electrons. The third-order valence-electron chi connectivity index (χ3n) is 11.4. The summed E-state index contributed by atoms with van der Waals surface area (Å²) in [6, 6.07) is -3.66. The van der Waals surface area contributed by atoms with Crippen LogP contribution in [0.1, 0.15) is 117 Å². The number of primary amides is 1. The molecule has 0 radical (unpaired) electrons. The van der Waals surface area contributed by atoms with Crippen LogP contribution >= 0.6 is 22.9 Å². The van der Waals surface area contributed by atoms with Gasteiger partial charge in [-0.2, -0.15) is 0 Å². The summed E-state index contributed by atoms with van der Waals surface area (Å²) in [4.78, 5) is 126. The highest BCUT2D eigenvalue weighted by atomic mass is 127. The van der Waals surface area contributed by atoms with E-state index in [1.165, 1.54) is 27.2 Å². The van der Waals surface area contributed by atoms with E-state index in [-0.39, 0.29) is 56.4 Å². The first-order chi connectivity index (χ1) is 29.8. The number of rotatable bonds is 24. The topological polar surface area (TPSA) is 259 Å². The van der Waals surface area contributed by atoms with Crippen LogP contribution in [0.3, 0.4) is 0 Å². The van der Waals surface area contributed by atoms with E-state index >= 15 is 0 Å². The number of carboxylic acid groups (broad SMARTS) is 1. The maximum atomic E-state index is 14.6. The first kappa shape index (κ1) is 52.4. The Morgan fingerprint density at radius 2 is 1.59 bits per heavy atom. The standard InChI is InChI=1S/C44H65IN8O10/c1-27(2)23-33(44(62)63)50-40(58)34-14-10-21-52(34)42(60)36(24-28(3)4)53(45)43(61)35(19-22-54)51(5)41(59)32(25-29-11-7-6-8-12-29)49-39(57)31(16-17-37(46)55)48-38(56)18-15-30-13-9-20-47-26-30/h9,13,15,18,20,22,26-29,31-36H,6-8,10-12,14,16-17,19,21,23-25H2,1-5H3,(H2,46,55)(H,48,56)(H,49,57)(H,50,58)(H,62,63)/b18-15+/t31-,32-,33-,34-,35-,36-/m0/s1. The maximum absolute atomic E-state index is 14.6. The van der Waals surface area contributed by atoms with Gasteiger partial charge >= 0.3 is 5.97 Å². The summed E-state index contributed by atoms with van der Waals surface area (Å²) in [5.74, 6) is -5.90. The molecule has 6 atom stereocenters. The first-order valence-corrected chi connectivity index (χ1v) is 22.8. The third kappa shape index (κ3) is 16.6. The zero-order valence-electron chi connectivity index (χ0n) is 37.0. The molecule has 1 aliphatic carbocycles. The van der Waals surface area contributed by atoms with Gasteiger partial charge in [0, 0.05) is 44.9 Å². The Morgan fingerprint density at radius 3 is 2.17 bits per heavy atom. The van der Waals surface area contributed by atoms with Crippen molar-refractivity contribution in [3.63, 3.8) is 0 Å². The van der Waals surface area contributed by atoms with E-state index in [0.717, 1.165) is 37.0 Å². The lowest BCUT2D eigenvalue weighted by molar-refractivity contribution is -0.149. The Morgan fingerprint density at radius 1 is 0.905 bits per heavy atom. The minimum atomic E-state index is -1.40. The van der Waals surface area contributed by atoms with Gasteiger partial charge in [-0.1, -0.05) is 65.9 Å². The fourth-order valence-corrected chi connectivity index (χ4v) is 8.86. The lowest BCUT2D eigenvalue weighted by Crippen LogP contribution is -2.59. The summed E-state index contributed by atoms with van der Waals surface area (Å²) >= 11 is 1.72. The van der Waals surface area contributed by atoms with Gasteiger partial charge in [-0.25, -0.2) is 4.79 Å². The minimum Gasteiger partial charge on any atom is -0.480 e. The molecule has 3 rings (SSSR count). The van der Waals surface area contributed by atoms with Crippen LogP contribution in [0.4, 0.5) is 0 Å². The Kier molecular flexibility index (Phi) is 21.6. The average molecular weight is 993 g/mol. The number of aromatic nitrogens is 1. The molecular weight excluding hydrogens is 927 g/mol. The average Bonchev–Trinajstić information content (AvgIpc) is 3.74. The number of amides is 7. The molecule has 0 spiro atoms. The molecule has 1 aromatic heterocycles. The number of carbonyl (C=O) groups excluding carboxylic acids is 8. The van der Waals surface area contributed by atoms with Crippen LogP contribution in [-0.2, 0) is 43.2 Å². The molecule has 1 aromatic rings. The normalized spacial score (nSPS) is 17.9. The van der Waals surface area contributed by atoms with Crippen molar-refractivity contribution in [2.75, 3.05) is 13.6 Å². The van der Waals surface area contributed by atoms with Crippen LogP contribution in [0.2, 0.25) is 0 Å². The van der Waals surface area contributed by atoms with Gasteiger partial charge in [-0.15, -0.1) is 0 Å². The number of carboxylic acids is 1. The number of nitrogens with zero attached hydrogens (tertiary/aromatic N) is 4. The van der Waals surface area contributed by atoms with Crippen LogP contribution < -0.4 is 21.7 Å². The molecule has 2 aliphatic rings. The number of carbonyl (C=O) groups is 9. The van der Waals surface area contributed by atoms with E-state index in [1.807, 2.05) is 27.7 Å². The largest absolute Gasteiger partial charge is 0.480 e. The summed E-state index contributed by atoms with van der Waals surface area (Å²) in [7, 11) is 1.35. The third-order valence-corrected chi connectivity index (χ3v) is 12.5. The Balaban J connectivity index is 1.89. The fourth-order valence-electron chi connectivity index (χ4n) is 8.07. The summed E-state index contributed by atoms with van der Waals surface area (Å²) < 4.78 is 1.17. The number of nitrogens with one attached hydrogen (secondary N) is 3. The Bertz CT molecular complexity index is 1790. The molecule has 7 amide bonds. The van der Waals surface area contributed by atoms with E-state index in [4.69, 9.17) is 5.73 Å². The van der Waals surface area contributed by atoms with E-state index in [9.17, 15) is 48.3 Å². The number of halogens is 1. The molecule has 0 unspecified atom stereocenters. The molecule has 0 aromatic carbocycles. The van der Waals surface area contributed by atoms with Gasteiger partial charge < -0.3 is 41.4 Å². The number of hydrogen-bond donors (Lipinski definition) is 5. The zero-order chi connectivity index (χ0) is 46.8. The Hall–Kier alpha value is -4.95. The monoisotopic (exact) mass is 992 g/mol. The van der Waals surface area contributed by atoms with E-state index < -0.39 is 90.0 Å². The van der Waals surface area contributed by atoms with Gasteiger partial charge in [0.05, 0.1) is 22.9 Å². The van der Waals surface area contributed by atoms with Crippen molar-refractivity contribution >= 4 is 82.5 Å². The van der Waals surface area contributed by atoms with Crippen LogP contribution in [0.15, 0.2) is 30.6 Å². The number of likely N-dealkylation sites (N-methyl/N-ethyl adjacent to an activating group) is 1. The van der Waals surface area contributed by atoms with Crippen LogP contribution in [0.25, 0.3) is 6.08 Å². The van der Waals surface area contributed by atoms with Gasteiger partial charge in [0.2, 0.25) is 35.4 Å². The molecule has 19 heteroatoms. The van der Waals surface area contributed by atoms with E-state index in [2.05, 4.69) is 20.9 Å². The van der Waals surface area contributed by atoms with Crippen molar-refractivity contribution < 1.29 is 48.3 Å². The maximum Gasteiger partial charge on any atom is 0.326 e. The molecule has 2 fully saturated rings. The summed E-state index contributed by atoms with van der Waals surface area (Å²) in [5.41, 5.74) is 6.04. The quantitative estimate of drug-likeness (QED) is 0.0436. The van der Waals surface area contributed by atoms with Gasteiger partial charge in [0.15, 0.2) is 0 Å². The SMILES string of the molecule is CC(C)C[C@H](NC(=O)[C@@H]1CCCN1C(=O)[C@H](CC(C)C)N(I)C(=O)[C@H](CC=O)N(C)C(=O)[C@H](CC1CCCCC1)NC(=O)[C@H](CCC(N)=O)NC(=O)/C=C/c1cccnc1)C(=O)O. The number of nitrogens with two attached hydrogens (primary N) is 1. The lowest BCUT2D eigenvalue weighted by Gasteiger charge is -2.37. The molecular formula is C44H65IN8O10. The first-order valence-electron chi connectivity index (χ1n) is 21.8. The van der Waals surface area contributed by atoms with Crippen molar-refractivity contribution in [3.05, 3.63) is 36.2 Å². The molecule has 1 saturated carbocycles. The van der Waals surface area contributed by atoms with Crippen LogP contribution in [-0.4, -0.2) is 126 Å². The Labute approximate surface area is 383 Å². The molecule has 0 bridgehead atoms. The zero-order valence-corrected chi connectivity index (χ0v) is 39.2. The summed E-state index contributed by atoms with van der Waals surface area (Å²) in [6.07, 6.45) is 11.3. The summed E-state index contributed by atoms with van der Waals surface area (Å²) in [6.45, 7) is 7.60. The highest BCUT2D eigenvalue weighted by Crippen LogP contribution is 2.29. The molecule has 6 N–H and O–H groups in total. The number of likely N-dealkylation sites (tertiary alicyclic amines) is 1. The van der Waals surface area contributed by atoms with Crippen molar-refractivity contribution in [1.82, 2.24) is 33.8 Å². The van der Waals surface area contributed by atoms with Crippen molar-refractivity contribution in [2.24, 2.45) is 23.5 Å². The lowest BCUT2D eigenvalue weighted by atomic mass is 9.84. The van der Waals surface area contributed by atoms with Crippen molar-refractivity contribution in [3.8, 4) is 0 Å². The summed E-state index contributed by atoms with van der Waals surface area (Å²) in [5, 5.41) is 17.7. The second-order valence-electron chi connectivity index (χ2n) is 17.4. The molecule has 1 aliphatic heterocycles. The second kappa shape index (κ2) is 26.0. The van der Waals surface area contributed by atoms with Crippen molar-refractivity contribution in [2.45, 2.75) is 147 Å². The van der Waals surface area contributed by atoms with Crippen molar-refractivity contribution in [1.29, 1.82) is 0 Å².